The number of halogens is 3. The first-order valence-electron chi connectivity index (χ1n) is 9.09. The third-order valence-electron chi connectivity index (χ3n) is 4.45. The van der Waals surface area contributed by atoms with Crippen molar-refractivity contribution in [3.8, 4) is 0 Å². The second-order valence-corrected chi connectivity index (χ2v) is 6.68. The van der Waals surface area contributed by atoms with E-state index >= 15 is 0 Å². The molecule has 1 heterocycles. The molecule has 6 nitrogen and oxygen atoms in total. The third-order valence-corrected chi connectivity index (χ3v) is 4.45. The lowest BCUT2D eigenvalue weighted by Crippen LogP contribution is -2.38. The van der Waals surface area contributed by atoms with Crippen LogP contribution in [-0.2, 0) is 22.4 Å². The molecule has 1 aromatic carbocycles. The number of aliphatic hydroxyl groups is 1. The van der Waals surface area contributed by atoms with Gasteiger partial charge in [0.1, 0.15) is 0 Å². The quantitative estimate of drug-likeness (QED) is 0.621. The molecule has 0 fully saturated rings. The maximum atomic E-state index is 12.7. The maximum absolute atomic E-state index is 12.7. The van der Waals surface area contributed by atoms with Crippen molar-refractivity contribution in [2.75, 3.05) is 39.8 Å². The first-order chi connectivity index (χ1) is 13.3. The Morgan fingerprint density at radius 1 is 1.36 bits per heavy atom. The summed E-state index contributed by atoms with van der Waals surface area (Å²) in [5, 5.41) is 8.86. The van der Waals surface area contributed by atoms with Crippen molar-refractivity contribution in [1.82, 2.24) is 15.3 Å². The van der Waals surface area contributed by atoms with Crippen LogP contribution in [0.5, 0.6) is 0 Å². The number of nitrogens with one attached hydrogen (secondary N) is 1. The van der Waals surface area contributed by atoms with Gasteiger partial charge in [-0.2, -0.15) is 13.2 Å². The number of amides is 1. The van der Waals surface area contributed by atoms with E-state index in [1.165, 1.54) is 6.07 Å². The van der Waals surface area contributed by atoms with Gasteiger partial charge in [-0.15, -0.1) is 0 Å². The molecule has 1 aromatic rings. The third kappa shape index (κ3) is 7.14. The number of aliphatic hydroxyl groups excluding tert-OH is 1. The number of benzene rings is 1. The minimum absolute atomic E-state index is 0.00109. The fourth-order valence-electron chi connectivity index (χ4n) is 2.77. The van der Waals surface area contributed by atoms with E-state index < -0.39 is 11.7 Å². The van der Waals surface area contributed by atoms with Crippen LogP contribution in [0.2, 0.25) is 0 Å². The number of hydrogen-bond acceptors (Lipinski definition) is 5. The van der Waals surface area contributed by atoms with Crippen molar-refractivity contribution >= 4 is 5.91 Å². The summed E-state index contributed by atoms with van der Waals surface area (Å²) >= 11 is 0. The van der Waals surface area contributed by atoms with Gasteiger partial charge in [0, 0.05) is 44.7 Å². The molecule has 0 atom stereocenters. The highest BCUT2D eigenvalue weighted by Gasteiger charge is 2.30. The Kier molecular flexibility index (Phi) is 8.28. The van der Waals surface area contributed by atoms with Crippen LogP contribution in [0.3, 0.4) is 0 Å². The molecule has 0 spiro atoms. The van der Waals surface area contributed by atoms with Crippen molar-refractivity contribution in [2.24, 2.45) is 0 Å². The zero-order valence-electron chi connectivity index (χ0n) is 15.8. The minimum Gasteiger partial charge on any atom is -0.395 e. The highest BCUT2D eigenvalue weighted by Crippen LogP contribution is 2.29. The van der Waals surface area contributed by atoms with Crippen LogP contribution in [0.25, 0.3) is 0 Å². The maximum Gasteiger partial charge on any atom is 0.416 e. The molecule has 2 rings (SSSR count). The molecule has 0 saturated heterocycles. The molecule has 156 valence electrons. The van der Waals surface area contributed by atoms with Gasteiger partial charge in [0.05, 0.1) is 18.8 Å². The Morgan fingerprint density at radius 2 is 2.14 bits per heavy atom. The average molecular weight is 401 g/mol. The van der Waals surface area contributed by atoms with Gasteiger partial charge in [0.15, 0.2) is 0 Å². The molecule has 1 aliphatic rings. The molecule has 0 bridgehead atoms. The number of rotatable bonds is 9. The molecular formula is C19H26F3N3O3. The first kappa shape index (κ1) is 22.2. The molecule has 1 aliphatic heterocycles. The standard InChI is InChI=1S/C19H26F3N3O3/c1-24(11-12-26)8-7-18(27)25-9-5-17(6-10-25)23-28-14-15-3-2-4-16(13-15)19(20,21)22/h2-5,13,23,26H,6-12,14H2,1H3. The van der Waals surface area contributed by atoms with Crippen molar-refractivity contribution in [2.45, 2.75) is 25.6 Å². The Morgan fingerprint density at radius 3 is 2.79 bits per heavy atom. The summed E-state index contributed by atoms with van der Waals surface area (Å²) in [7, 11) is 1.85. The SMILES string of the molecule is CN(CCO)CCC(=O)N1CC=C(NOCc2cccc(C(F)(F)F)c2)CC1. The van der Waals surface area contributed by atoms with E-state index in [0.717, 1.165) is 17.8 Å². The van der Waals surface area contributed by atoms with Crippen molar-refractivity contribution < 1.29 is 27.9 Å². The molecule has 0 aromatic heterocycles. The van der Waals surface area contributed by atoms with Crippen molar-refractivity contribution in [3.05, 3.63) is 47.2 Å². The fourth-order valence-corrected chi connectivity index (χ4v) is 2.77. The van der Waals surface area contributed by atoms with E-state index in [1.807, 2.05) is 18.0 Å². The van der Waals surface area contributed by atoms with Gasteiger partial charge in [-0.3, -0.25) is 15.1 Å². The van der Waals surface area contributed by atoms with E-state index in [9.17, 15) is 18.0 Å². The van der Waals surface area contributed by atoms with Crippen LogP contribution in [0.15, 0.2) is 36.0 Å². The van der Waals surface area contributed by atoms with Crippen LogP contribution in [-0.4, -0.2) is 60.6 Å². The Hall–Kier alpha value is -2.10. The Balaban J connectivity index is 1.73. The van der Waals surface area contributed by atoms with Gasteiger partial charge >= 0.3 is 6.18 Å². The van der Waals surface area contributed by atoms with Gasteiger partial charge < -0.3 is 14.9 Å². The number of likely N-dealkylation sites (N-methyl/N-ethyl adjacent to an activating group) is 1. The van der Waals surface area contributed by atoms with Gasteiger partial charge in [0.25, 0.3) is 0 Å². The second kappa shape index (κ2) is 10.4. The molecule has 28 heavy (non-hydrogen) atoms. The summed E-state index contributed by atoms with van der Waals surface area (Å²) in [6, 6.07) is 5.00. The summed E-state index contributed by atoms with van der Waals surface area (Å²) in [6.45, 7) is 2.19. The number of carbonyl (C=O) groups is 1. The number of hydrogen-bond donors (Lipinski definition) is 2. The fraction of sp³-hybridized carbons (Fsp3) is 0.526. The van der Waals surface area contributed by atoms with Crippen LogP contribution in [0, 0.1) is 0 Å². The molecule has 0 saturated carbocycles. The topological polar surface area (TPSA) is 65.0 Å². The van der Waals surface area contributed by atoms with Crippen molar-refractivity contribution in [3.63, 3.8) is 0 Å². The lowest BCUT2D eigenvalue weighted by atomic mass is 10.1. The predicted molar refractivity (Wildman–Crippen MR) is 97.8 cm³/mol. The molecule has 1 amide bonds. The lowest BCUT2D eigenvalue weighted by molar-refractivity contribution is -0.137. The van der Waals surface area contributed by atoms with E-state index in [2.05, 4.69) is 5.48 Å². The monoisotopic (exact) mass is 401 g/mol. The number of nitrogens with zero attached hydrogens (tertiary/aromatic N) is 2. The van der Waals surface area contributed by atoms with Crippen LogP contribution >= 0.6 is 0 Å². The summed E-state index contributed by atoms with van der Waals surface area (Å²) in [6.07, 6.45) is -1.57. The lowest BCUT2D eigenvalue weighted by Gasteiger charge is -2.27. The molecule has 2 N–H and O–H groups in total. The zero-order valence-corrected chi connectivity index (χ0v) is 15.8. The van der Waals surface area contributed by atoms with E-state index in [4.69, 9.17) is 9.94 Å². The normalized spacial score (nSPS) is 14.9. The van der Waals surface area contributed by atoms with Gasteiger partial charge in [-0.1, -0.05) is 12.1 Å². The van der Waals surface area contributed by atoms with E-state index in [1.54, 1.807) is 11.0 Å². The summed E-state index contributed by atoms with van der Waals surface area (Å²) in [4.78, 5) is 21.1. The number of alkyl halides is 3. The predicted octanol–water partition coefficient (Wildman–Crippen LogP) is 2.16. The van der Waals surface area contributed by atoms with Crippen LogP contribution < -0.4 is 5.48 Å². The smallest absolute Gasteiger partial charge is 0.395 e. The molecule has 0 radical (unpaired) electrons. The molecule has 0 unspecified atom stereocenters. The van der Waals surface area contributed by atoms with Crippen LogP contribution in [0.4, 0.5) is 13.2 Å². The van der Waals surface area contributed by atoms with Gasteiger partial charge in [-0.25, -0.2) is 0 Å². The zero-order chi connectivity index (χ0) is 20.6. The van der Waals surface area contributed by atoms with E-state index in [0.29, 0.717) is 44.6 Å². The Labute approximate surface area is 162 Å². The number of carbonyl (C=O) groups excluding carboxylic acids is 1. The first-order valence-corrected chi connectivity index (χ1v) is 9.09. The molecular weight excluding hydrogens is 375 g/mol. The highest BCUT2D eigenvalue weighted by atomic mass is 19.4. The largest absolute Gasteiger partial charge is 0.416 e. The van der Waals surface area contributed by atoms with E-state index in [-0.39, 0.29) is 19.1 Å². The summed E-state index contributed by atoms with van der Waals surface area (Å²) < 4.78 is 38.1. The second-order valence-electron chi connectivity index (χ2n) is 6.68. The molecule has 9 heteroatoms. The number of hydroxylamine groups is 1. The van der Waals surface area contributed by atoms with Gasteiger partial charge in [0.2, 0.25) is 5.91 Å². The van der Waals surface area contributed by atoms with Gasteiger partial charge in [-0.05, 0) is 30.8 Å². The summed E-state index contributed by atoms with van der Waals surface area (Å²) in [5.74, 6) is 0.0463. The highest BCUT2D eigenvalue weighted by molar-refractivity contribution is 5.76. The average Bonchev–Trinajstić information content (AvgIpc) is 2.66. The minimum atomic E-state index is -4.38. The Bertz CT molecular complexity index is 680. The summed E-state index contributed by atoms with van der Waals surface area (Å²) in [5.41, 5.74) is 3.27. The van der Waals surface area contributed by atoms with Crippen LogP contribution in [0.1, 0.15) is 24.0 Å². The molecule has 0 aliphatic carbocycles. The van der Waals surface area contributed by atoms with Crippen molar-refractivity contribution in [1.29, 1.82) is 0 Å².